The number of benzene rings is 1. The number of halogens is 3. The van der Waals surface area contributed by atoms with E-state index in [1.807, 2.05) is 0 Å². The summed E-state index contributed by atoms with van der Waals surface area (Å²) < 4.78 is 26.8. The average Bonchev–Trinajstić information content (AvgIpc) is 2.41. The number of rotatable bonds is 3. The summed E-state index contributed by atoms with van der Waals surface area (Å²) in [6, 6.07) is 2.42. The van der Waals surface area contributed by atoms with Crippen LogP contribution in [0.4, 0.5) is 8.78 Å². The van der Waals surface area contributed by atoms with Crippen molar-refractivity contribution in [2.75, 3.05) is 0 Å². The highest BCUT2D eigenvalue weighted by Gasteiger charge is 2.22. The second-order valence-corrected chi connectivity index (χ2v) is 5.18. The molecule has 0 amide bonds. The maximum Gasteiger partial charge on any atom is 0.173 e. The lowest BCUT2D eigenvalue weighted by Gasteiger charge is -2.24. The van der Waals surface area contributed by atoms with E-state index in [4.69, 9.17) is 5.84 Å². The Hall–Kier alpha value is -0.780. The molecule has 98 valence electrons. The van der Waals surface area contributed by atoms with Crippen LogP contribution in [0.25, 0.3) is 0 Å². The fraction of sp³-hybridized carbons (Fsp3) is 0.385. The van der Waals surface area contributed by atoms with Gasteiger partial charge in [0.25, 0.3) is 0 Å². The maximum absolute atomic E-state index is 13.5. The molecule has 2 rings (SSSR count). The lowest BCUT2D eigenvalue weighted by Crippen LogP contribution is -2.30. The van der Waals surface area contributed by atoms with Crippen molar-refractivity contribution in [3.63, 3.8) is 0 Å². The highest BCUT2D eigenvalue weighted by atomic mass is 79.9. The highest BCUT2D eigenvalue weighted by Crippen LogP contribution is 2.34. The van der Waals surface area contributed by atoms with Crippen molar-refractivity contribution in [1.82, 2.24) is 5.43 Å². The molecule has 0 fully saturated rings. The van der Waals surface area contributed by atoms with Gasteiger partial charge in [-0.1, -0.05) is 17.7 Å². The van der Waals surface area contributed by atoms with Crippen LogP contribution in [0, 0.1) is 11.6 Å². The topological polar surface area (TPSA) is 38.0 Å². The first-order valence-electron chi connectivity index (χ1n) is 5.93. The van der Waals surface area contributed by atoms with Crippen molar-refractivity contribution in [2.24, 2.45) is 5.84 Å². The van der Waals surface area contributed by atoms with E-state index in [0.717, 1.165) is 30.9 Å². The van der Waals surface area contributed by atoms with Crippen molar-refractivity contribution in [1.29, 1.82) is 0 Å². The highest BCUT2D eigenvalue weighted by molar-refractivity contribution is 9.10. The van der Waals surface area contributed by atoms with Gasteiger partial charge in [-0.2, -0.15) is 0 Å². The van der Waals surface area contributed by atoms with E-state index in [0.29, 0.717) is 5.56 Å². The Balaban J connectivity index is 2.39. The summed E-state index contributed by atoms with van der Waals surface area (Å²) in [6.45, 7) is 0. The van der Waals surface area contributed by atoms with E-state index in [1.54, 1.807) is 6.07 Å². The van der Waals surface area contributed by atoms with Crippen LogP contribution in [0.2, 0.25) is 0 Å². The molecule has 0 aliphatic heterocycles. The third kappa shape index (κ3) is 2.63. The summed E-state index contributed by atoms with van der Waals surface area (Å²) >= 11 is 3.10. The van der Waals surface area contributed by atoms with Gasteiger partial charge < -0.3 is 0 Å². The Morgan fingerprint density at radius 1 is 1.28 bits per heavy atom. The SMILES string of the molecule is NNC(C1=CCCCC1)c1ccc(F)c(F)c1Br. The minimum Gasteiger partial charge on any atom is -0.271 e. The first-order valence-corrected chi connectivity index (χ1v) is 6.73. The summed E-state index contributed by atoms with van der Waals surface area (Å²) in [5, 5.41) is 0. The summed E-state index contributed by atoms with van der Waals surface area (Å²) in [7, 11) is 0. The minimum absolute atomic E-state index is 0.136. The van der Waals surface area contributed by atoms with E-state index in [-0.39, 0.29) is 10.5 Å². The zero-order valence-corrected chi connectivity index (χ0v) is 11.4. The lowest BCUT2D eigenvalue weighted by atomic mass is 9.90. The largest absolute Gasteiger partial charge is 0.271 e. The zero-order chi connectivity index (χ0) is 13.1. The van der Waals surface area contributed by atoms with E-state index in [1.165, 1.54) is 6.42 Å². The number of nitrogens with one attached hydrogen (secondary N) is 1. The molecule has 18 heavy (non-hydrogen) atoms. The molecule has 1 atom stereocenters. The van der Waals surface area contributed by atoms with Crippen molar-refractivity contribution in [3.8, 4) is 0 Å². The Kier molecular flexibility index (Phi) is 4.48. The predicted molar refractivity (Wildman–Crippen MR) is 70.7 cm³/mol. The van der Waals surface area contributed by atoms with Crippen molar-refractivity contribution in [2.45, 2.75) is 31.7 Å². The normalized spacial score (nSPS) is 17.4. The summed E-state index contributed by atoms with van der Waals surface area (Å²) in [4.78, 5) is 0. The number of hydrazine groups is 1. The minimum atomic E-state index is -0.871. The van der Waals surface area contributed by atoms with Gasteiger partial charge in [0.1, 0.15) is 0 Å². The first kappa shape index (κ1) is 13.6. The van der Waals surface area contributed by atoms with Crippen LogP contribution in [0.3, 0.4) is 0 Å². The number of hydrogen-bond acceptors (Lipinski definition) is 2. The Morgan fingerprint density at radius 2 is 2.06 bits per heavy atom. The van der Waals surface area contributed by atoms with E-state index in [2.05, 4.69) is 27.4 Å². The number of nitrogens with two attached hydrogens (primary N) is 1. The molecule has 3 N–H and O–H groups in total. The zero-order valence-electron chi connectivity index (χ0n) is 9.85. The van der Waals surface area contributed by atoms with E-state index in [9.17, 15) is 8.78 Å². The fourth-order valence-electron chi connectivity index (χ4n) is 2.29. The van der Waals surface area contributed by atoms with Crippen LogP contribution in [0.1, 0.15) is 37.3 Å². The van der Waals surface area contributed by atoms with Gasteiger partial charge in [-0.05, 0) is 53.2 Å². The van der Waals surface area contributed by atoms with Crippen molar-refractivity contribution >= 4 is 15.9 Å². The Labute approximate surface area is 113 Å². The molecule has 0 saturated heterocycles. The predicted octanol–water partition coefficient (Wildman–Crippen LogP) is 3.73. The molecule has 0 heterocycles. The fourth-order valence-corrected chi connectivity index (χ4v) is 2.84. The molecule has 1 aromatic rings. The van der Waals surface area contributed by atoms with Crippen LogP contribution in [-0.2, 0) is 0 Å². The van der Waals surface area contributed by atoms with Crippen LogP contribution in [-0.4, -0.2) is 0 Å². The molecule has 0 spiro atoms. The van der Waals surface area contributed by atoms with Gasteiger partial charge in [0.05, 0.1) is 10.5 Å². The molecule has 1 aromatic carbocycles. The summed E-state index contributed by atoms with van der Waals surface area (Å²) in [5.41, 5.74) is 4.45. The Bertz CT molecular complexity index is 474. The van der Waals surface area contributed by atoms with Gasteiger partial charge in [0.15, 0.2) is 11.6 Å². The number of hydrogen-bond donors (Lipinski definition) is 2. The van der Waals surface area contributed by atoms with Gasteiger partial charge in [0.2, 0.25) is 0 Å². The van der Waals surface area contributed by atoms with Gasteiger partial charge in [-0.25, -0.2) is 14.2 Å². The Morgan fingerprint density at radius 3 is 2.67 bits per heavy atom. The molecule has 1 aliphatic carbocycles. The monoisotopic (exact) mass is 316 g/mol. The van der Waals surface area contributed by atoms with Gasteiger partial charge in [-0.15, -0.1) is 0 Å². The molecule has 0 bridgehead atoms. The van der Waals surface area contributed by atoms with Gasteiger partial charge in [-0.3, -0.25) is 5.84 Å². The van der Waals surface area contributed by atoms with Crippen LogP contribution in [0.15, 0.2) is 28.3 Å². The molecule has 0 aromatic heterocycles. The molecular weight excluding hydrogens is 302 g/mol. The smallest absolute Gasteiger partial charge is 0.173 e. The van der Waals surface area contributed by atoms with Crippen molar-refractivity contribution < 1.29 is 8.78 Å². The van der Waals surface area contributed by atoms with Gasteiger partial charge >= 0.3 is 0 Å². The molecule has 5 heteroatoms. The first-order chi connectivity index (χ1) is 8.65. The quantitative estimate of drug-likeness (QED) is 0.386. The summed E-state index contributed by atoms with van der Waals surface area (Å²) in [5.74, 6) is 3.83. The van der Waals surface area contributed by atoms with E-state index < -0.39 is 11.6 Å². The molecule has 0 radical (unpaired) electrons. The third-order valence-corrected chi connectivity index (χ3v) is 4.05. The van der Waals surface area contributed by atoms with E-state index >= 15 is 0 Å². The standard InChI is InChI=1S/C13H15BrF2N2/c14-11-9(6-7-10(15)12(11)16)13(18-17)8-4-2-1-3-5-8/h4,6-7,13,18H,1-3,5,17H2. The molecule has 0 saturated carbocycles. The van der Waals surface area contributed by atoms with Crippen LogP contribution < -0.4 is 11.3 Å². The second kappa shape index (κ2) is 5.91. The molecule has 2 nitrogen and oxygen atoms in total. The van der Waals surface area contributed by atoms with Crippen molar-refractivity contribution in [3.05, 3.63) is 45.5 Å². The number of allylic oxidation sites excluding steroid dienone is 1. The lowest BCUT2D eigenvalue weighted by molar-refractivity contribution is 0.495. The summed E-state index contributed by atoms with van der Waals surface area (Å²) in [6.07, 6.45) is 6.34. The van der Waals surface area contributed by atoms with Gasteiger partial charge in [0, 0.05) is 0 Å². The second-order valence-electron chi connectivity index (χ2n) is 4.39. The third-order valence-electron chi connectivity index (χ3n) is 3.24. The molecule has 1 aliphatic rings. The van der Waals surface area contributed by atoms with Crippen LogP contribution in [0.5, 0.6) is 0 Å². The van der Waals surface area contributed by atoms with Crippen LogP contribution >= 0.6 is 15.9 Å². The maximum atomic E-state index is 13.5. The average molecular weight is 317 g/mol. The molecule has 1 unspecified atom stereocenters. The molecular formula is C13H15BrF2N2.